The smallest absolute Gasteiger partial charge is 0.383 e. The average Bonchev–Trinajstić information content (AvgIpc) is 3.19. The van der Waals surface area contributed by atoms with E-state index < -0.39 is 17.9 Å². The average molecular weight is 387 g/mol. The number of likely N-dealkylation sites (tertiary alicyclic amines) is 1. The number of aldehydes is 1. The Morgan fingerprint density at radius 1 is 1.42 bits per heavy atom. The van der Waals surface area contributed by atoms with Gasteiger partial charge in [0.1, 0.15) is 12.1 Å². The topological polar surface area (TPSA) is 77.0 Å². The van der Waals surface area contributed by atoms with Crippen LogP contribution in [0.15, 0.2) is 11.4 Å². The molecule has 142 valence electrons. The Kier molecular flexibility index (Phi) is 5.33. The summed E-state index contributed by atoms with van der Waals surface area (Å²) in [5.74, 6) is 0.831. The fourth-order valence-corrected chi connectivity index (χ4v) is 4.10. The first-order chi connectivity index (χ1) is 12.3. The zero-order valence-corrected chi connectivity index (χ0v) is 15.1. The molecule has 1 aliphatic heterocycles. The molecule has 1 fully saturated rings. The number of piperidine rings is 1. The van der Waals surface area contributed by atoms with Gasteiger partial charge in [0.05, 0.1) is 17.6 Å². The molecule has 0 amide bonds. The molecular formula is C16H20F3N5OS. The molecule has 0 spiro atoms. The lowest BCUT2D eigenvalue weighted by molar-refractivity contribution is -0.141. The van der Waals surface area contributed by atoms with Gasteiger partial charge < -0.3 is 10.5 Å². The van der Waals surface area contributed by atoms with Crippen molar-refractivity contribution in [1.82, 2.24) is 19.7 Å². The molecule has 0 radical (unpaired) electrons. The third kappa shape index (κ3) is 4.07. The summed E-state index contributed by atoms with van der Waals surface area (Å²) in [6.07, 6.45) is -2.02. The molecule has 1 atom stereocenters. The van der Waals surface area contributed by atoms with E-state index in [0.717, 1.165) is 30.2 Å². The number of aromatic nitrogens is 3. The molecule has 1 saturated heterocycles. The van der Waals surface area contributed by atoms with Crippen LogP contribution >= 0.6 is 11.3 Å². The summed E-state index contributed by atoms with van der Waals surface area (Å²) >= 11 is 1.54. The molecular weight excluding hydrogens is 367 g/mol. The van der Waals surface area contributed by atoms with Crippen LogP contribution in [0.1, 0.15) is 35.2 Å². The summed E-state index contributed by atoms with van der Waals surface area (Å²) < 4.78 is 39.6. The third-order valence-corrected chi connectivity index (χ3v) is 5.70. The zero-order valence-electron chi connectivity index (χ0n) is 14.2. The summed E-state index contributed by atoms with van der Waals surface area (Å²) in [7, 11) is 0. The number of anilines is 1. The number of nitrogens with zero attached hydrogens (tertiary/aromatic N) is 4. The minimum Gasteiger partial charge on any atom is -0.383 e. The van der Waals surface area contributed by atoms with E-state index in [1.54, 1.807) is 6.92 Å². The van der Waals surface area contributed by atoms with Gasteiger partial charge >= 0.3 is 6.18 Å². The van der Waals surface area contributed by atoms with Crippen LogP contribution in [-0.2, 0) is 17.5 Å². The largest absolute Gasteiger partial charge is 0.435 e. The number of alkyl halides is 3. The molecule has 3 heterocycles. The van der Waals surface area contributed by atoms with Crippen LogP contribution in [0.25, 0.3) is 0 Å². The van der Waals surface area contributed by atoms with E-state index in [0.29, 0.717) is 30.5 Å². The monoisotopic (exact) mass is 387 g/mol. The fourth-order valence-electron chi connectivity index (χ4n) is 3.22. The summed E-state index contributed by atoms with van der Waals surface area (Å²) in [6, 6.07) is 0.498. The molecule has 26 heavy (non-hydrogen) atoms. The van der Waals surface area contributed by atoms with Crippen LogP contribution in [-0.4, -0.2) is 45.1 Å². The molecule has 0 saturated carbocycles. The number of nitrogen functional groups attached to an aromatic ring is 1. The van der Waals surface area contributed by atoms with Crippen LogP contribution in [0.3, 0.4) is 0 Å². The highest BCUT2D eigenvalue weighted by Crippen LogP contribution is 2.32. The quantitative estimate of drug-likeness (QED) is 0.799. The van der Waals surface area contributed by atoms with Crippen LogP contribution < -0.4 is 5.73 Å². The second-order valence-corrected chi connectivity index (χ2v) is 7.36. The standard InChI is InChI=1S/C16H20F3N5OS/c1-10-6-13(16(17,18)19)22-24(10)7-12(8-25)23-4-2-11(3-5-23)15-21-14(20)9-26-15/h6,8-9,11-12H,2-5,7,20H2,1H3. The number of aryl methyl sites for hydroxylation is 1. The first-order valence-electron chi connectivity index (χ1n) is 8.30. The van der Waals surface area contributed by atoms with E-state index in [9.17, 15) is 18.0 Å². The fraction of sp³-hybridized carbons (Fsp3) is 0.562. The van der Waals surface area contributed by atoms with Gasteiger partial charge in [0.2, 0.25) is 0 Å². The Balaban J connectivity index is 1.63. The maximum atomic E-state index is 12.8. The number of nitrogens with two attached hydrogens (primary N) is 1. The second-order valence-electron chi connectivity index (χ2n) is 6.48. The van der Waals surface area contributed by atoms with Crippen molar-refractivity contribution in [3.05, 3.63) is 27.8 Å². The van der Waals surface area contributed by atoms with Crippen molar-refractivity contribution in [2.75, 3.05) is 18.8 Å². The lowest BCUT2D eigenvalue weighted by Gasteiger charge is -2.34. The molecule has 1 aliphatic rings. The van der Waals surface area contributed by atoms with Crippen LogP contribution in [0.2, 0.25) is 0 Å². The molecule has 6 nitrogen and oxygen atoms in total. The van der Waals surface area contributed by atoms with E-state index in [1.165, 1.54) is 16.0 Å². The first-order valence-corrected chi connectivity index (χ1v) is 9.17. The van der Waals surface area contributed by atoms with Gasteiger partial charge in [0.15, 0.2) is 5.69 Å². The van der Waals surface area contributed by atoms with Gasteiger partial charge in [-0.2, -0.15) is 18.3 Å². The summed E-state index contributed by atoms with van der Waals surface area (Å²) in [5.41, 5.74) is 5.12. The minimum atomic E-state index is -4.49. The van der Waals surface area contributed by atoms with Crippen molar-refractivity contribution >= 4 is 23.4 Å². The molecule has 3 rings (SSSR count). The Morgan fingerprint density at radius 3 is 2.62 bits per heavy atom. The predicted octanol–water partition coefficient (Wildman–Crippen LogP) is 2.70. The molecule has 0 aliphatic carbocycles. The summed E-state index contributed by atoms with van der Waals surface area (Å²) in [6.45, 7) is 3.03. The summed E-state index contributed by atoms with van der Waals surface area (Å²) in [4.78, 5) is 17.9. The highest BCUT2D eigenvalue weighted by molar-refractivity contribution is 7.10. The van der Waals surface area contributed by atoms with E-state index in [2.05, 4.69) is 10.1 Å². The van der Waals surface area contributed by atoms with Gasteiger partial charge in [-0.3, -0.25) is 9.58 Å². The Bertz CT molecular complexity index is 764. The van der Waals surface area contributed by atoms with Gasteiger partial charge in [-0.05, 0) is 38.9 Å². The van der Waals surface area contributed by atoms with Crippen molar-refractivity contribution in [2.24, 2.45) is 0 Å². The van der Waals surface area contributed by atoms with Gasteiger partial charge in [-0.15, -0.1) is 11.3 Å². The number of thiazole rings is 1. The second kappa shape index (κ2) is 7.36. The number of hydrogen-bond donors (Lipinski definition) is 1. The number of carbonyl (C=O) groups is 1. The van der Waals surface area contributed by atoms with Gasteiger partial charge in [-0.25, -0.2) is 4.98 Å². The van der Waals surface area contributed by atoms with E-state index in [1.807, 2.05) is 10.3 Å². The van der Waals surface area contributed by atoms with Crippen molar-refractivity contribution in [3.8, 4) is 0 Å². The number of hydrogen-bond acceptors (Lipinski definition) is 6. The van der Waals surface area contributed by atoms with Crippen molar-refractivity contribution in [3.63, 3.8) is 0 Å². The van der Waals surface area contributed by atoms with Crippen LogP contribution in [0, 0.1) is 6.92 Å². The van der Waals surface area contributed by atoms with Crippen LogP contribution in [0.4, 0.5) is 19.0 Å². The number of carbonyl (C=O) groups excluding carboxylic acids is 1. The van der Waals surface area contributed by atoms with Gasteiger partial charge in [-0.1, -0.05) is 0 Å². The summed E-state index contributed by atoms with van der Waals surface area (Å²) in [5, 5.41) is 6.43. The molecule has 0 bridgehead atoms. The van der Waals surface area contributed by atoms with Crippen molar-refractivity contribution < 1.29 is 18.0 Å². The Hall–Kier alpha value is -1.94. The van der Waals surface area contributed by atoms with Crippen molar-refractivity contribution in [1.29, 1.82) is 0 Å². The SMILES string of the molecule is Cc1cc(C(F)(F)F)nn1CC(C=O)N1CCC(c2nc(N)cs2)CC1. The van der Waals surface area contributed by atoms with E-state index in [4.69, 9.17) is 5.73 Å². The third-order valence-electron chi connectivity index (χ3n) is 4.68. The van der Waals surface area contributed by atoms with Gasteiger partial charge in [0, 0.05) is 17.0 Å². The van der Waals surface area contributed by atoms with Crippen molar-refractivity contribution in [2.45, 2.75) is 44.4 Å². The molecule has 10 heteroatoms. The van der Waals surface area contributed by atoms with Crippen LogP contribution in [0.5, 0.6) is 0 Å². The Labute approximate surface area is 152 Å². The first kappa shape index (κ1) is 18.8. The highest BCUT2D eigenvalue weighted by Gasteiger charge is 2.35. The molecule has 2 N–H and O–H groups in total. The molecule has 2 aromatic rings. The highest BCUT2D eigenvalue weighted by atomic mass is 32.1. The maximum absolute atomic E-state index is 12.8. The normalized spacial score (nSPS) is 18.2. The Morgan fingerprint density at radius 2 is 2.12 bits per heavy atom. The minimum absolute atomic E-state index is 0.111. The molecule has 1 unspecified atom stereocenters. The maximum Gasteiger partial charge on any atom is 0.435 e. The number of halogens is 3. The van der Waals surface area contributed by atoms with E-state index in [-0.39, 0.29) is 6.54 Å². The zero-order chi connectivity index (χ0) is 18.9. The number of rotatable bonds is 5. The lowest BCUT2D eigenvalue weighted by atomic mass is 9.96. The molecule has 0 aromatic carbocycles. The predicted molar refractivity (Wildman–Crippen MR) is 91.9 cm³/mol. The lowest BCUT2D eigenvalue weighted by Crippen LogP contribution is -2.44. The molecule has 2 aromatic heterocycles. The van der Waals surface area contributed by atoms with Gasteiger partial charge in [0.25, 0.3) is 0 Å². The van der Waals surface area contributed by atoms with E-state index >= 15 is 0 Å².